The van der Waals surface area contributed by atoms with Crippen molar-refractivity contribution in [1.29, 1.82) is 0 Å². The van der Waals surface area contributed by atoms with Gasteiger partial charge in [0.25, 0.3) is 5.91 Å². The van der Waals surface area contributed by atoms with Crippen LogP contribution in [0.3, 0.4) is 0 Å². The summed E-state index contributed by atoms with van der Waals surface area (Å²) in [6.07, 6.45) is -0.345. The molecule has 1 fully saturated rings. The molecule has 1 saturated heterocycles. The third-order valence-corrected chi connectivity index (χ3v) is 3.82. The van der Waals surface area contributed by atoms with E-state index in [0.717, 1.165) is 0 Å². The Kier molecular flexibility index (Phi) is 5.77. The molecular formula is C18H27N3O4. The normalized spacial score (nSPS) is 18.0. The highest BCUT2D eigenvalue weighted by Crippen LogP contribution is 2.17. The number of piperazine rings is 1. The van der Waals surface area contributed by atoms with E-state index in [-0.39, 0.29) is 24.6 Å². The number of hydrogen-bond donors (Lipinski definition) is 1. The van der Waals surface area contributed by atoms with Crippen LogP contribution in [0.25, 0.3) is 0 Å². The first-order valence-electron chi connectivity index (χ1n) is 8.41. The van der Waals surface area contributed by atoms with Gasteiger partial charge in [-0.2, -0.15) is 0 Å². The number of nitrogen functional groups attached to an aromatic ring is 1. The summed E-state index contributed by atoms with van der Waals surface area (Å²) in [6, 6.07) is 6.87. The van der Waals surface area contributed by atoms with Gasteiger partial charge in [0, 0.05) is 37.4 Å². The summed E-state index contributed by atoms with van der Waals surface area (Å²) in [5.74, 6) is 0.451. The van der Waals surface area contributed by atoms with Gasteiger partial charge in [-0.1, -0.05) is 6.07 Å². The number of rotatable bonds is 3. The van der Waals surface area contributed by atoms with E-state index >= 15 is 0 Å². The first-order chi connectivity index (χ1) is 11.7. The van der Waals surface area contributed by atoms with Gasteiger partial charge in [0.1, 0.15) is 11.4 Å². The molecule has 0 saturated carbocycles. The van der Waals surface area contributed by atoms with E-state index in [4.69, 9.17) is 15.2 Å². The third kappa shape index (κ3) is 5.55. The Labute approximate surface area is 148 Å². The first-order valence-corrected chi connectivity index (χ1v) is 8.41. The average Bonchev–Trinajstić information content (AvgIpc) is 2.51. The summed E-state index contributed by atoms with van der Waals surface area (Å²) in [5.41, 5.74) is 5.75. The van der Waals surface area contributed by atoms with Crippen LogP contribution in [0.4, 0.5) is 10.5 Å². The zero-order valence-corrected chi connectivity index (χ0v) is 15.3. The van der Waals surface area contributed by atoms with Gasteiger partial charge in [0.2, 0.25) is 0 Å². The van der Waals surface area contributed by atoms with Crippen molar-refractivity contribution in [1.82, 2.24) is 9.80 Å². The van der Waals surface area contributed by atoms with Gasteiger partial charge < -0.3 is 25.0 Å². The van der Waals surface area contributed by atoms with Gasteiger partial charge in [0.15, 0.2) is 6.61 Å². The number of nitrogens with zero attached hydrogens (tertiary/aromatic N) is 2. The number of carbonyl (C=O) groups is 2. The molecule has 0 unspecified atom stereocenters. The van der Waals surface area contributed by atoms with Crippen LogP contribution in [0, 0.1) is 0 Å². The molecule has 7 nitrogen and oxygen atoms in total. The highest BCUT2D eigenvalue weighted by atomic mass is 16.6. The highest BCUT2D eigenvalue weighted by Gasteiger charge is 2.32. The molecule has 2 N–H and O–H groups in total. The number of benzene rings is 1. The lowest BCUT2D eigenvalue weighted by atomic mass is 10.2. The standard InChI is InChI=1S/C18H27N3O4/c1-13-11-20(17(23)25-18(2,3)4)8-9-21(13)16(22)12-24-15-7-5-6-14(19)10-15/h5-7,10,13H,8-9,11-12,19H2,1-4H3/t13-/m0/s1. The lowest BCUT2D eigenvalue weighted by molar-refractivity contribution is -0.137. The van der Waals surface area contributed by atoms with Gasteiger partial charge >= 0.3 is 6.09 Å². The third-order valence-electron chi connectivity index (χ3n) is 3.82. The topological polar surface area (TPSA) is 85.1 Å². The van der Waals surface area contributed by atoms with Crippen LogP contribution >= 0.6 is 0 Å². The predicted octanol–water partition coefficient (Wildman–Crippen LogP) is 2.12. The number of anilines is 1. The lowest BCUT2D eigenvalue weighted by Gasteiger charge is -2.40. The van der Waals surface area contributed by atoms with Crippen LogP contribution in [-0.2, 0) is 9.53 Å². The summed E-state index contributed by atoms with van der Waals surface area (Å²) in [5, 5.41) is 0. The van der Waals surface area contributed by atoms with Crippen molar-refractivity contribution < 1.29 is 19.1 Å². The maximum absolute atomic E-state index is 12.4. The molecule has 2 amide bonds. The van der Waals surface area contributed by atoms with E-state index in [2.05, 4.69) is 0 Å². The smallest absolute Gasteiger partial charge is 0.410 e. The van der Waals surface area contributed by atoms with E-state index in [9.17, 15) is 9.59 Å². The van der Waals surface area contributed by atoms with Crippen molar-refractivity contribution in [3.05, 3.63) is 24.3 Å². The van der Waals surface area contributed by atoms with Gasteiger partial charge in [0.05, 0.1) is 0 Å². The fourth-order valence-electron chi connectivity index (χ4n) is 2.65. The molecule has 1 heterocycles. The predicted molar refractivity (Wildman–Crippen MR) is 95.3 cm³/mol. The Bertz CT molecular complexity index is 627. The summed E-state index contributed by atoms with van der Waals surface area (Å²) >= 11 is 0. The quantitative estimate of drug-likeness (QED) is 0.845. The minimum absolute atomic E-state index is 0.0553. The van der Waals surface area contributed by atoms with Crippen molar-refractivity contribution >= 4 is 17.7 Å². The average molecular weight is 349 g/mol. The van der Waals surface area contributed by atoms with Crippen LogP contribution < -0.4 is 10.5 Å². The van der Waals surface area contributed by atoms with E-state index in [1.165, 1.54) is 0 Å². The van der Waals surface area contributed by atoms with Crippen LogP contribution in [-0.4, -0.2) is 59.7 Å². The Morgan fingerprint density at radius 1 is 1.28 bits per heavy atom. The molecule has 138 valence electrons. The number of amides is 2. The Balaban J connectivity index is 1.86. The number of ether oxygens (including phenoxy) is 2. The molecule has 7 heteroatoms. The van der Waals surface area contributed by atoms with Crippen LogP contribution in [0.1, 0.15) is 27.7 Å². The maximum atomic E-state index is 12.4. The van der Waals surface area contributed by atoms with Crippen molar-refractivity contribution in [2.45, 2.75) is 39.3 Å². The summed E-state index contributed by atoms with van der Waals surface area (Å²) in [6.45, 7) is 8.71. The van der Waals surface area contributed by atoms with Crippen molar-refractivity contribution in [3.8, 4) is 5.75 Å². The van der Waals surface area contributed by atoms with Gasteiger partial charge in [-0.25, -0.2) is 4.79 Å². The number of carbonyl (C=O) groups excluding carboxylic acids is 2. The number of nitrogens with two attached hydrogens (primary N) is 1. The van der Waals surface area contributed by atoms with Crippen LogP contribution in [0.5, 0.6) is 5.75 Å². The molecule has 0 aromatic heterocycles. The monoisotopic (exact) mass is 349 g/mol. The van der Waals surface area contributed by atoms with Gasteiger partial charge in [-0.15, -0.1) is 0 Å². The SMILES string of the molecule is C[C@H]1CN(C(=O)OC(C)(C)C)CCN1C(=O)COc1cccc(N)c1. The Hall–Kier alpha value is -2.44. The van der Waals surface area contributed by atoms with E-state index in [1.807, 2.05) is 27.7 Å². The van der Waals surface area contributed by atoms with Crippen molar-refractivity contribution in [2.24, 2.45) is 0 Å². The van der Waals surface area contributed by atoms with Crippen molar-refractivity contribution in [2.75, 3.05) is 32.0 Å². The zero-order chi connectivity index (χ0) is 18.6. The first kappa shape index (κ1) is 18.9. The Morgan fingerprint density at radius 3 is 2.60 bits per heavy atom. The minimum atomic E-state index is -0.529. The summed E-state index contributed by atoms with van der Waals surface area (Å²) in [7, 11) is 0. The summed E-state index contributed by atoms with van der Waals surface area (Å²) in [4.78, 5) is 27.9. The molecular weight excluding hydrogens is 322 g/mol. The Morgan fingerprint density at radius 2 is 2.00 bits per heavy atom. The van der Waals surface area contributed by atoms with Crippen LogP contribution in [0.2, 0.25) is 0 Å². The highest BCUT2D eigenvalue weighted by molar-refractivity contribution is 5.78. The maximum Gasteiger partial charge on any atom is 0.410 e. The second kappa shape index (κ2) is 7.63. The fraction of sp³-hybridized carbons (Fsp3) is 0.556. The molecule has 1 aliphatic heterocycles. The molecule has 0 bridgehead atoms. The molecule has 1 atom stereocenters. The van der Waals surface area contributed by atoms with E-state index in [1.54, 1.807) is 34.1 Å². The molecule has 25 heavy (non-hydrogen) atoms. The zero-order valence-electron chi connectivity index (χ0n) is 15.3. The lowest BCUT2D eigenvalue weighted by Crippen LogP contribution is -2.56. The molecule has 1 aliphatic rings. The molecule has 2 rings (SSSR count). The van der Waals surface area contributed by atoms with Gasteiger partial charge in [-0.05, 0) is 39.8 Å². The molecule has 0 aliphatic carbocycles. The fourth-order valence-corrected chi connectivity index (χ4v) is 2.65. The molecule has 0 spiro atoms. The van der Waals surface area contributed by atoms with E-state index in [0.29, 0.717) is 31.1 Å². The molecule has 1 aromatic carbocycles. The molecule has 0 radical (unpaired) electrons. The largest absolute Gasteiger partial charge is 0.484 e. The van der Waals surface area contributed by atoms with Crippen LogP contribution in [0.15, 0.2) is 24.3 Å². The van der Waals surface area contributed by atoms with E-state index < -0.39 is 5.60 Å². The van der Waals surface area contributed by atoms with Gasteiger partial charge in [-0.3, -0.25) is 4.79 Å². The van der Waals surface area contributed by atoms with Crippen molar-refractivity contribution in [3.63, 3.8) is 0 Å². The molecule has 1 aromatic rings. The minimum Gasteiger partial charge on any atom is -0.484 e. The second-order valence-corrected chi connectivity index (χ2v) is 7.22. The second-order valence-electron chi connectivity index (χ2n) is 7.22. The summed E-state index contributed by atoms with van der Waals surface area (Å²) < 4.78 is 10.9. The number of hydrogen-bond acceptors (Lipinski definition) is 5.